The molecule has 1 aliphatic rings. The van der Waals surface area contributed by atoms with Crippen molar-refractivity contribution in [1.82, 2.24) is 5.32 Å². The molecule has 1 atom stereocenters. The number of nitrogens with one attached hydrogen (secondary N) is 1. The molecule has 0 spiro atoms. The van der Waals surface area contributed by atoms with Gasteiger partial charge in [-0.25, -0.2) is 4.79 Å². The number of aliphatic hydroxyl groups is 1. The molecule has 1 amide bonds. The molecule has 0 radical (unpaired) electrons. The van der Waals surface area contributed by atoms with Crippen molar-refractivity contribution in [3.05, 3.63) is 0 Å². The van der Waals surface area contributed by atoms with Crippen LogP contribution in [0.5, 0.6) is 0 Å². The second-order valence-corrected chi connectivity index (χ2v) is 7.97. The fourth-order valence-electron chi connectivity index (χ4n) is 2.92. The van der Waals surface area contributed by atoms with Crippen LogP contribution < -0.4 is 5.32 Å². The van der Waals surface area contributed by atoms with Gasteiger partial charge in [0.05, 0.1) is 17.6 Å². The number of amides is 1. The summed E-state index contributed by atoms with van der Waals surface area (Å²) in [4.78, 5) is 23.7. The number of carbonyl (C=O) groups is 2. The zero-order valence-electron chi connectivity index (χ0n) is 13.7. The third-order valence-corrected chi connectivity index (χ3v) is 3.71. The van der Waals surface area contributed by atoms with E-state index in [0.717, 1.165) is 0 Å². The Bertz CT molecular complexity index is 413. The highest BCUT2D eigenvalue weighted by Crippen LogP contribution is 2.49. The molecule has 0 bridgehead atoms. The van der Waals surface area contributed by atoms with Gasteiger partial charge in [0.15, 0.2) is 0 Å². The molecule has 0 aromatic heterocycles. The zero-order valence-corrected chi connectivity index (χ0v) is 13.7. The Labute approximate surface area is 125 Å². The van der Waals surface area contributed by atoms with Gasteiger partial charge >= 0.3 is 12.1 Å². The molecule has 0 aromatic rings. The van der Waals surface area contributed by atoms with Crippen LogP contribution in [0.4, 0.5) is 4.79 Å². The van der Waals surface area contributed by atoms with Gasteiger partial charge in [-0.3, -0.25) is 4.79 Å². The van der Waals surface area contributed by atoms with Gasteiger partial charge in [0.2, 0.25) is 0 Å². The lowest BCUT2D eigenvalue weighted by Crippen LogP contribution is -2.64. The number of hydrogen-bond donors (Lipinski definition) is 3. The van der Waals surface area contributed by atoms with Crippen molar-refractivity contribution < 1.29 is 24.5 Å². The molecule has 0 saturated heterocycles. The van der Waals surface area contributed by atoms with E-state index in [2.05, 4.69) is 5.32 Å². The Balaban J connectivity index is 2.97. The maximum Gasteiger partial charge on any atom is 0.407 e. The molecule has 1 aliphatic carbocycles. The molecule has 1 saturated carbocycles. The summed E-state index contributed by atoms with van der Waals surface area (Å²) in [7, 11) is 0. The Morgan fingerprint density at radius 2 is 1.67 bits per heavy atom. The molecule has 0 aliphatic heterocycles. The monoisotopic (exact) mass is 301 g/mol. The predicted molar refractivity (Wildman–Crippen MR) is 77.9 cm³/mol. The fourth-order valence-corrected chi connectivity index (χ4v) is 2.92. The summed E-state index contributed by atoms with van der Waals surface area (Å²) in [5.74, 6) is -0.996. The van der Waals surface area contributed by atoms with E-state index in [0.29, 0.717) is 0 Å². The van der Waals surface area contributed by atoms with Gasteiger partial charge in [-0.2, -0.15) is 0 Å². The van der Waals surface area contributed by atoms with Gasteiger partial charge in [-0.1, -0.05) is 20.8 Å². The van der Waals surface area contributed by atoms with Crippen LogP contribution in [0.25, 0.3) is 0 Å². The van der Waals surface area contributed by atoms with E-state index in [9.17, 15) is 19.8 Å². The van der Waals surface area contributed by atoms with Crippen LogP contribution in [-0.4, -0.2) is 40.0 Å². The molecule has 3 N–H and O–H groups in total. The van der Waals surface area contributed by atoms with Crippen LogP contribution in [0, 0.1) is 10.8 Å². The highest BCUT2D eigenvalue weighted by atomic mass is 16.6. The summed E-state index contributed by atoms with van der Waals surface area (Å²) in [6.07, 6.45) is -0.990. The minimum atomic E-state index is -1.14. The lowest BCUT2D eigenvalue weighted by atomic mass is 9.57. The number of aliphatic carboxylic acids is 1. The molecule has 1 fully saturated rings. The van der Waals surface area contributed by atoms with Crippen LogP contribution >= 0.6 is 0 Å². The first-order valence-electron chi connectivity index (χ1n) is 7.19. The maximum atomic E-state index is 12.0. The zero-order chi connectivity index (χ0) is 16.6. The Hall–Kier alpha value is -1.30. The number of aliphatic hydroxyl groups excluding tert-OH is 1. The van der Waals surface area contributed by atoms with Gasteiger partial charge in [0.1, 0.15) is 5.60 Å². The molecule has 1 rings (SSSR count). The Morgan fingerprint density at radius 1 is 1.19 bits per heavy atom. The molecule has 6 heteroatoms. The summed E-state index contributed by atoms with van der Waals surface area (Å²) >= 11 is 0. The summed E-state index contributed by atoms with van der Waals surface area (Å²) in [6.45, 7) is 10.8. The lowest BCUT2D eigenvalue weighted by molar-refractivity contribution is -0.171. The topological polar surface area (TPSA) is 95.9 Å². The average molecular weight is 301 g/mol. The van der Waals surface area contributed by atoms with E-state index < -0.39 is 40.6 Å². The average Bonchev–Trinajstić information content (AvgIpc) is 2.16. The van der Waals surface area contributed by atoms with Crippen LogP contribution in [0.3, 0.4) is 0 Å². The van der Waals surface area contributed by atoms with E-state index in [1.807, 2.05) is 20.8 Å². The normalized spacial score (nSPS) is 27.5. The number of hydrogen-bond acceptors (Lipinski definition) is 4. The first kappa shape index (κ1) is 17.8. The van der Waals surface area contributed by atoms with E-state index in [-0.39, 0.29) is 12.8 Å². The number of carboxylic acid groups (broad SMARTS) is 1. The highest BCUT2D eigenvalue weighted by molar-refractivity contribution is 5.79. The van der Waals surface area contributed by atoms with Gasteiger partial charge in [-0.05, 0) is 39.0 Å². The lowest BCUT2D eigenvalue weighted by Gasteiger charge is -2.51. The van der Waals surface area contributed by atoms with E-state index in [4.69, 9.17) is 4.74 Å². The third kappa shape index (κ3) is 4.09. The Morgan fingerprint density at radius 3 is 1.95 bits per heavy atom. The fraction of sp³-hybridized carbons (Fsp3) is 0.867. The standard InChI is InChI=1S/C15H27NO5/c1-13(2,3)10(16-12(20)21-14(4,5)6)15(11(18)19)7-9(17)8-15/h9-10,17H,7-8H2,1-6H3,(H,16,20)(H,18,19). The van der Waals surface area contributed by atoms with Crippen molar-refractivity contribution >= 4 is 12.1 Å². The molecular weight excluding hydrogens is 274 g/mol. The summed E-state index contributed by atoms with van der Waals surface area (Å²) in [5, 5.41) is 21.8. The van der Waals surface area contributed by atoms with E-state index in [1.165, 1.54) is 0 Å². The van der Waals surface area contributed by atoms with Crippen LogP contribution in [-0.2, 0) is 9.53 Å². The molecule has 0 aromatic carbocycles. The molecule has 1 unspecified atom stereocenters. The van der Waals surface area contributed by atoms with Crippen molar-refractivity contribution in [3.8, 4) is 0 Å². The van der Waals surface area contributed by atoms with Crippen molar-refractivity contribution in [2.24, 2.45) is 10.8 Å². The van der Waals surface area contributed by atoms with Crippen LogP contribution in [0.15, 0.2) is 0 Å². The minimum Gasteiger partial charge on any atom is -0.481 e. The quantitative estimate of drug-likeness (QED) is 0.742. The number of ether oxygens (including phenoxy) is 1. The largest absolute Gasteiger partial charge is 0.481 e. The first-order chi connectivity index (χ1) is 9.28. The van der Waals surface area contributed by atoms with Crippen molar-refractivity contribution in [1.29, 1.82) is 0 Å². The van der Waals surface area contributed by atoms with Gasteiger partial charge in [0, 0.05) is 0 Å². The second kappa shape index (κ2) is 5.48. The highest BCUT2D eigenvalue weighted by Gasteiger charge is 2.59. The predicted octanol–water partition coefficient (Wildman–Crippen LogP) is 2.15. The second-order valence-electron chi connectivity index (χ2n) is 7.97. The molecule has 122 valence electrons. The molecule has 0 heterocycles. The van der Waals surface area contributed by atoms with Gasteiger partial charge in [-0.15, -0.1) is 0 Å². The molecule has 21 heavy (non-hydrogen) atoms. The maximum absolute atomic E-state index is 12.0. The summed E-state index contributed by atoms with van der Waals surface area (Å²) in [5.41, 5.74) is -2.27. The number of carbonyl (C=O) groups excluding carboxylic acids is 1. The van der Waals surface area contributed by atoms with Crippen molar-refractivity contribution in [2.45, 2.75) is 72.1 Å². The van der Waals surface area contributed by atoms with Crippen molar-refractivity contribution in [3.63, 3.8) is 0 Å². The van der Waals surface area contributed by atoms with Gasteiger partial charge in [0.25, 0.3) is 0 Å². The van der Waals surface area contributed by atoms with Gasteiger partial charge < -0.3 is 20.3 Å². The van der Waals surface area contributed by atoms with Crippen LogP contribution in [0.2, 0.25) is 0 Å². The number of alkyl carbamates (subject to hydrolysis) is 1. The van der Waals surface area contributed by atoms with E-state index in [1.54, 1.807) is 20.8 Å². The van der Waals surface area contributed by atoms with Crippen molar-refractivity contribution in [2.75, 3.05) is 0 Å². The smallest absolute Gasteiger partial charge is 0.407 e. The minimum absolute atomic E-state index is 0.139. The first-order valence-corrected chi connectivity index (χ1v) is 7.19. The third-order valence-electron chi connectivity index (χ3n) is 3.71. The van der Waals surface area contributed by atoms with Crippen LogP contribution in [0.1, 0.15) is 54.4 Å². The number of carboxylic acids is 1. The summed E-state index contributed by atoms with van der Waals surface area (Å²) in [6, 6.07) is -0.624. The van der Waals surface area contributed by atoms with E-state index >= 15 is 0 Å². The molecular formula is C15H27NO5. The Kier molecular flexibility index (Phi) is 4.63. The number of rotatable bonds is 3. The summed E-state index contributed by atoms with van der Waals surface area (Å²) < 4.78 is 5.23. The molecule has 6 nitrogen and oxygen atoms in total. The SMILES string of the molecule is CC(C)(C)OC(=O)NC(C(C)(C)C)C1(C(=O)O)CC(O)C1.